The fraction of sp³-hybridized carbons (Fsp3) is 0.571. The first kappa shape index (κ1) is 15.3. The van der Waals surface area contributed by atoms with E-state index in [1.165, 1.54) is 6.07 Å². The maximum atomic E-state index is 13.5. The van der Waals surface area contributed by atoms with Crippen molar-refractivity contribution >= 4 is 11.6 Å². The van der Waals surface area contributed by atoms with Gasteiger partial charge in [0.2, 0.25) is 0 Å². The van der Waals surface area contributed by atoms with Crippen LogP contribution in [0, 0.1) is 11.7 Å². The van der Waals surface area contributed by atoms with E-state index in [4.69, 9.17) is 16.3 Å². The molecule has 1 rings (SSSR count). The van der Waals surface area contributed by atoms with Gasteiger partial charge in [-0.05, 0) is 30.7 Å². The number of ether oxygens (including phenoxy) is 1. The minimum absolute atomic E-state index is 0.232. The topological polar surface area (TPSA) is 21.3 Å². The number of halogens is 2. The second-order valence-electron chi connectivity index (χ2n) is 4.44. The molecule has 0 aliphatic heterocycles. The van der Waals surface area contributed by atoms with E-state index in [9.17, 15) is 4.39 Å². The molecule has 0 spiro atoms. The number of hydrogen-bond acceptors (Lipinski definition) is 2. The molecule has 0 aliphatic carbocycles. The molecule has 0 saturated carbocycles. The summed E-state index contributed by atoms with van der Waals surface area (Å²) in [5.41, 5.74) is 0. The molecule has 0 radical (unpaired) electrons. The lowest BCUT2D eigenvalue weighted by Crippen LogP contribution is -2.39. The Balaban J connectivity index is 2.60. The van der Waals surface area contributed by atoms with E-state index in [2.05, 4.69) is 26.1 Å². The van der Waals surface area contributed by atoms with Gasteiger partial charge in [-0.1, -0.05) is 38.8 Å². The SMILES string of the molecule is CCNC(COc1ccc(Cl)cc1F)C(C)CC. The van der Waals surface area contributed by atoms with E-state index in [-0.39, 0.29) is 11.8 Å². The number of nitrogens with one attached hydrogen (secondary N) is 1. The highest BCUT2D eigenvalue weighted by molar-refractivity contribution is 6.30. The van der Waals surface area contributed by atoms with Crippen LogP contribution in [-0.2, 0) is 0 Å². The Hall–Kier alpha value is -0.800. The van der Waals surface area contributed by atoms with E-state index in [1.54, 1.807) is 12.1 Å². The minimum Gasteiger partial charge on any atom is -0.489 e. The number of benzene rings is 1. The smallest absolute Gasteiger partial charge is 0.166 e. The molecule has 1 aromatic rings. The second kappa shape index (κ2) is 7.59. The van der Waals surface area contributed by atoms with Gasteiger partial charge in [-0.3, -0.25) is 0 Å². The van der Waals surface area contributed by atoms with Crippen molar-refractivity contribution in [1.82, 2.24) is 5.32 Å². The molecular formula is C14H21ClFNO. The number of hydrogen-bond donors (Lipinski definition) is 1. The Morgan fingerprint density at radius 3 is 2.67 bits per heavy atom. The summed E-state index contributed by atoms with van der Waals surface area (Å²) in [5.74, 6) is 0.327. The summed E-state index contributed by atoms with van der Waals surface area (Å²) >= 11 is 5.69. The third kappa shape index (κ3) is 4.46. The van der Waals surface area contributed by atoms with Gasteiger partial charge in [0.1, 0.15) is 6.61 Å². The van der Waals surface area contributed by atoms with Crippen LogP contribution in [0.25, 0.3) is 0 Å². The Bertz CT molecular complexity index is 373. The van der Waals surface area contributed by atoms with Gasteiger partial charge in [0.05, 0.1) is 0 Å². The normalized spacial score (nSPS) is 14.3. The van der Waals surface area contributed by atoms with E-state index in [0.29, 0.717) is 17.5 Å². The molecule has 2 atom stereocenters. The van der Waals surface area contributed by atoms with Crippen LogP contribution in [0.1, 0.15) is 27.2 Å². The molecule has 2 unspecified atom stereocenters. The van der Waals surface area contributed by atoms with Crippen molar-refractivity contribution in [3.8, 4) is 5.75 Å². The fourth-order valence-electron chi connectivity index (χ4n) is 1.74. The molecule has 0 amide bonds. The van der Waals surface area contributed by atoms with Crippen molar-refractivity contribution in [2.45, 2.75) is 33.2 Å². The van der Waals surface area contributed by atoms with Crippen LogP contribution in [0.3, 0.4) is 0 Å². The van der Waals surface area contributed by atoms with Gasteiger partial charge < -0.3 is 10.1 Å². The summed E-state index contributed by atoms with van der Waals surface area (Å²) in [6, 6.07) is 4.69. The van der Waals surface area contributed by atoms with E-state index in [0.717, 1.165) is 13.0 Å². The van der Waals surface area contributed by atoms with Crippen molar-refractivity contribution in [3.05, 3.63) is 29.0 Å². The molecule has 0 fully saturated rings. The summed E-state index contributed by atoms with van der Waals surface area (Å²) in [5, 5.41) is 3.74. The number of likely N-dealkylation sites (N-methyl/N-ethyl adjacent to an activating group) is 1. The molecular weight excluding hydrogens is 253 g/mol. The van der Waals surface area contributed by atoms with E-state index < -0.39 is 5.82 Å². The third-order valence-electron chi connectivity index (χ3n) is 3.11. The molecule has 0 heterocycles. The molecule has 18 heavy (non-hydrogen) atoms. The standard InChI is InChI=1S/C14H21ClFNO/c1-4-10(3)13(17-5-2)9-18-14-7-6-11(15)8-12(14)16/h6-8,10,13,17H,4-5,9H2,1-3H3. The Morgan fingerprint density at radius 1 is 1.39 bits per heavy atom. The predicted molar refractivity (Wildman–Crippen MR) is 73.8 cm³/mol. The Morgan fingerprint density at radius 2 is 2.11 bits per heavy atom. The maximum absolute atomic E-state index is 13.5. The largest absolute Gasteiger partial charge is 0.489 e. The highest BCUT2D eigenvalue weighted by atomic mass is 35.5. The first-order valence-electron chi connectivity index (χ1n) is 6.39. The summed E-state index contributed by atoms with van der Waals surface area (Å²) in [7, 11) is 0. The minimum atomic E-state index is -0.415. The van der Waals surface area contributed by atoms with Crippen LogP contribution >= 0.6 is 11.6 Å². The molecule has 1 aromatic carbocycles. The van der Waals surface area contributed by atoms with Gasteiger partial charge in [-0.25, -0.2) is 4.39 Å². The van der Waals surface area contributed by atoms with Gasteiger partial charge >= 0.3 is 0 Å². The van der Waals surface area contributed by atoms with Crippen LogP contribution in [0.5, 0.6) is 5.75 Å². The van der Waals surface area contributed by atoms with Crippen LogP contribution in [0.2, 0.25) is 5.02 Å². The van der Waals surface area contributed by atoms with Crippen LogP contribution in [0.15, 0.2) is 18.2 Å². The highest BCUT2D eigenvalue weighted by Crippen LogP contribution is 2.21. The van der Waals surface area contributed by atoms with Crippen molar-refractivity contribution in [1.29, 1.82) is 0 Å². The highest BCUT2D eigenvalue weighted by Gasteiger charge is 2.16. The molecule has 1 N–H and O–H groups in total. The first-order valence-corrected chi connectivity index (χ1v) is 6.77. The van der Waals surface area contributed by atoms with Gasteiger partial charge in [-0.15, -0.1) is 0 Å². The summed E-state index contributed by atoms with van der Waals surface area (Å²) < 4.78 is 19.1. The van der Waals surface area contributed by atoms with Crippen molar-refractivity contribution in [3.63, 3.8) is 0 Å². The predicted octanol–water partition coefficient (Wildman–Crippen LogP) is 3.88. The van der Waals surface area contributed by atoms with Crippen LogP contribution in [0.4, 0.5) is 4.39 Å². The van der Waals surface area contributed by atoms with Crippen molar-refractivity contribution in [2.75, 3.05) is 13.2 Å². The second-order valence-corrected chi connectivity index (χ2v) is 4.87. The molecule has 2 nitrogen and oxygen atoms in total. The lowest BCUT2D eigenvalue weighted by atomic mass is 10.00. The molecule has 0 saturated heterocycles. The molecule has 102 valence electrons. The lowest BCUT2D eigenvalue weighted by molar-refractivity contribution is 0.215. The van der Waals surface area contributed by atoms with E-state index in [1.807, 2.05) is 0 Å². The van der Waals surface area contributed by atoms with Gasteiger partial charge in [0, 0.05) is 11.1 Å². The maximum Gasteiger partial charge on any atom is 0.166 e. The van der Waals surface area contributed by atoms with Gasteiger partial charge in [0.15, 0.2) is 11.6 Å². The van der Waals surface area contributed by atoms with Crippen molar-refractivity contribution < 1.29 is 9.13 Å². The third-order valence-corrected chi connectivity index (χ3v) is 3.34. The molecule has 0 aromatic heterocycles. The molecule has 0 aliphatic rings. The zero-order valence-electron chi connectivity index (χ0n) is 11.2. The molecule has 0 bridgehead atoms. The summed E-state index contributed by atoms with van der Waals surface area (Å²) in [6.07, 6.45) is 1.06. The lowest BCUT2D eigenvalue weighted by Gasteiger charge is -2.24. The fourth-order valence-corrected chi connectivity index (χ4v) is 1.90. The van der Waals surface area contributed by atoms with Crippen molar-refractivity contribution in [2.24, 2.45) is 5.92 Å². The average Bonchev–Trinajstić information content (AvgIpc) is 2.35. The Labute approximate surface area is 113 Å². The summed E-state index contributed by atoms with van der Waals surface area (Å²) in [4.78, 5) is 0. The van der Waals surface area contributed by atoms with Crippen LogP contribution in [-0.4, -0.2) is 19.2 Å². The zero-order valence-corrected chi connectivity index (χ0v) is 11.9. The first-order chi connectivity index (χ1) is 8.58. The zero-order chi connectivity index (χ0) is 13.5. The van der Waals surface area contributed by atoms with Gasteiger partial charge in [-0.2, -0.15) is 0 Å². The molecule has 4 heteroatoms. The number of rotatable bonds is 7. The monoisotopic (exact) mass is 273 g/mol. The van der Waals surface area contributed by atoms with Gasteiger partial charge in [0.25, 0.3) is 0 Å². The Kier molecular flexibility index (Phi) is 6.44. The average molecular weight is 274 g/mol. The summed E-state index contributed by atoms with van der Waals surface area (Å²) in [6.45, 7) is 7.69. The van der Waals surface area contributed by atoms with Crippen LogP contribution < -0.4 is 10.1 Å². The van der Waals surface area contributed by atoms with E-state index >= 15 is 0 Å². The quantitative estimate of drug-likeness (QED) is 0.814.